The van der Waals surface area contributed by atoms with Crippen molar-refractivity contribution in [3.05, 3.63) is 10.1 Å². The Morgan fingerprint density at radius 1 is 1.28 bits per heavy atom. The van der Waals surface area contributed by atoms with Crippen LogP contribution in [0.1, 0.15) is 59.8 Å². The van der Waals surface area contributed by atoms with Crippen molar-refractivity contribution in [2.24, 2.45) is 11.3 Å². The van der Waals surface area contributed by atoms with Gasteiger partial charge in [-0.15, -0.1) is 0 Å². The summed E-state index contributed by atoms with van der Waals surface area (Å²) in [5.41, 5.74) is 0.167. The van der Waals surface area contributed by atoms with Gasteiger partial charge in [0.15, 0.2) is 6.29 Å². The van der Waals surface area contributed by atoms with Crippen molar-refractivity contribution in [3.8, 4) is 0 Å². The van der Waals surface area contributed by atoms with Gasteiger partial charge in [-0.05, 0) is 25.2 Å². The minimum Gasteiger partial charge on any atom is -0.481 e. The Hall–Kier alpha value is -1.25. The van der Waals surface area contributed by atoms with Gasteiger partial charge in [-0.25, -0.2) is 0 Å². The van der Waals surface area contributed by atoms with Gasteiger partial charge in [0, 0.05) is 30.3 Å². The molecule has 0 aliphatic carbocycles. The molecule has 0 aromatic rings. The molecule has 8 heteroatoms. The highest BCUT2D eigenvalue weighted by molar-refractivity contribution is 5.66. The van der Waals surface area contributed by atoms with Gasteiger partial charge in [0.25, 0.3) is 0 Å². The van der Waals surface area contributed by atoms with Crippen molar-refractivity contribution in [2.75, 3.05) is 26.6 Å². The van der Waals surface area contributed by atoms with Crippen molar-refractivity contribution >= 4 is 5.97 Å². The Morgan fingerprint density at radius 3 is 2.44 bits per heavy atom. The third kappa shape index (κ3) is 12.7. The summed E-state index contributed by atoms with van der Waals surface area (Å²) in [5.74, 6) is -0.481. The van der Waals surface area contributed by atoms with Gasteiger partial charge in [-0.1, -0.05) is 27.2 Å². The van der Waals surface area contributed by atoms with E-state index in [-0.39, 0.29) is 29.6 Å². The molecule has 0 spiro atoms. The number of rotatable bonds is 9. The summed E-state index contributed by atoms with van der Waals surface area (Å²) < 4.78 is 16.2. The lowest BCUT2D eigenvalue weighted by Crippen LogP contribution is -2.43. The highest BCUT2D eigenvalue weighted by Gasteiger charge is 2.36. The summed E-state index contributed by atoms with van der Waals surface area (Å²) in [4.78, 5) is 19.5. The van der Waals surface area contributed by atoms with Crippen molar-refractivity contribution in [3.63, 3.8) is 0 Å². The van der Waals surface area contributed by atoms with Crippen molar-refractivity contribution in [1.29, 1.82) is 0 Å². The topological polar surface area (TPSA) is 108 Å². The third-order valence-electron chi connectivity index (χ3n) is 3.87. The molecule has 0 amide bonds. The van der Waals surface area contributed by atoms with Crippen LogP contribution in [0.4, 0.5) is 0 Å². The lowest BCUT2D eigenvalue weighted by atomic mass is 9.80. The normalized spacial score (nSPS) is 20.5. The van der Waals surface area contributed by atoms with E-state index in [1.807, 2.05) is 6.92 Å². The number of carbonyl (C=O) groups is 1. The van der Waals surface area contributed by atoms with Crippen LogP contribution in [0.2, 0.25) is 0 Å². The van der Waals surface area contributed by atoms with Crippen molar-refractivity contribution in [2.45, 2.75) is 66.1 Å². The van der Waals surface area contributed by atoms with E-state index in [4.69, 9.17) is 19.3 Å². The van der Waals surface area contributed by atoms with Crippen LogP contribution in [0, 0.1) is 21.4 Å². The van der Waals surface area contributed by atoms with Gasteiger partial charge in [0.2, 0.25) is 6.54 Å². The number of hydrogen-bond acceptors (Lipinski definition) is 6. The summed E-state index contributed by atoms with van der Waals surface area (Å²) in [6.45, 7) is 10.3. The monoisotopic (exact) mass is 363 g/mol. The second-order valence-electron chi connectivity index (χ2n) is 7.07. The lowest BCUT2D eigenvalue weighted by Gasteiger charge is -2.39. The maximum Gasteiger partial charge on any atom is 0.303 e. The minimum absolute atomic E-state index is 0.00687. The SMILES string of the molecule is CCO[C@H]1OCOC[C@H]1C(C)(C)C.O=C(O)CCCCCC[N+](=O)[O-]. The van der Waals surface area contributed by atoms with Crippen LogP contribution in [0.25, 0.3) is 0 Å². The molecule has 148 valence electrons. The van der Waals surface area contributed by atoms with Gasteiger partial charge in [-0.3, -0.25) is 14.9 Å². The molecule has 1 saturated heterocycles. The highest BCUT2D eigenvalue weighted by Crippen LogP contribution is 2.33. The first kappa shape index (κ1) is 23.8. The maximum atomic E-state index is 10.0. The number of nitro groups is 1. The van der Waals surface area contributed by atoms with Gasteiger partial charge >= 0.3 is 5.97 Å². The second kappa shape index (κ2) is 13.0. The minimum atomic E-state index is -0.802. The molecule has 1 aliphatic rings. The smallest absolute Gasteiger partial charge is 0.303 e. The van der Waals surface area contributed by atoms with Gasteiger partial charge in [0.05, 0.1) is 6.61 Å². The third-order valence-corrected chi connectivity index (χ3v) is 3.87. The second-order valence-corrected chi connectivity index (χ2v) is 7.07. The molecule has 1 N–H and O–H groups in total. The molecule has 1 aliphatic heterocycles. The molecule has 2 atom stereocenters. The van der Waals surface area contributed by atoms with E-state index in [0.717, 1.165) is 19.4 Å². The Kier molecular flexibility index (Phi) is 12.4. The van der Waals surface area contributed by atoms with E-state index in [1.165, 1.54) is 0 Å². The summed E-state index contributed by atoms with van der Waals surface area (Å²) >= 11 is 0. The van der Waals surface area contributed by atoms with E-state index < -0.39 is 5.97 Å². The van der Waals surface area contributed by atoms with Crippen LogP contribution in [0.5, 0.6) is 0 Å². The fourth-order valence-corrected chi connectivity index (χ4v) is 2.34. The molecule has 1 rings (SSSR count). The summed E-state index contributed by atoms with van der Waals surface area (Å²) in [7, 11) is 0. The average molecular weight is 363 g/mol. The Morgan fingerprint density at radius 2 is 1.92 bits per heavy atom. The zero-order valence-corrected chi connectivity index (χ0v) is 15.9. The maximum absolute atomic E-state index is 10.0. The Bertz CT molecular complexity index is 362. The summed E-state index contributed by atoms with van der Waals surface area (Å²) in [6.07, 6.45) is 2.74. The average Bonchev–Trinajstić information content (AvgIpc) is 2.51. The molecule has 0 bridgehead atoms. The summed E-state index contributed by atoms with van der Waals surface area (Å²) in [5, 5.41) is 18.1. The first-order chi connectivity index (χ1) is 11.7. The van der Waals surface area contributed by atoms with Crippen LogP contribution in [-0.4, -0.2) is 48.8 Å². The van der Waals surface area contributed by atoms with Crippen LogP contribution < -0.4 is 0 Å². The number of carboxylic acids is 1. The van der Waals surface area contributed by atoms with Crippen LogP contribution in [0.15, 0.2) is 0 Å². The molecule has 0 radical (unpaired) electrons. The fourth-order valence-electron chi connectivity index (χ4n) is 2.34. The number of unbranched alkanes of at least 4 members (excludes halogenated alkanes) is 3. The van der Waals surface area contributed by atoms with Gasteiger partial charge in [-0.2, -0.15) is 0 Å². The van der Waals surface area contributed by atoms with E-state index in [9.17, 15) is 14.9 Å². The predicted octanol–water partition coefficient (Wildman–Crippen LogP) is 3.31. The van der Waals surface area contributed by atoms with Crippen LogP contribution >= 0.6 is 0 Å². The van der Waals surface area contributed by atoms with E-state index in [2.05, 4.69) is 20.8 Å². The van der Waals surface area contributed by atoms with E-state index in [1.54, 1.807) is 0 Å². The molecule has 25 heavy (non-hydrogen) atoms. The Labute approximate surface area is 150 Å². The van der Waals surface area contributed by atoms with Crippen LogP contribution in [0.3, 0.4) is 0 Å². The summed E-state index contributed by atoms with van der Waals surface area (Å²) in [6, 6.07) is 0. The van der Waals surface area contributed by atoms with E-state index in [0.29, 0.717) is 32.2 Å². The number of hydrogen-bond donors (Lipinski definition) is 1. The first-order valence-corrected chi connectivity index (χ1v) is 8.83. The molecular formula is C17H33NO7. The molecule has 1 fully saturated rings. The zero-order chi connectivity index (χ0) is 19.3. The standard InChI is InChI=1S/C10H20O3.C7H13NO4/c1-5-12-9-8(10(2,3)4)6-11-7-13-9;9-7(10)5-3-1-2-4-6-8(11)12/h8-9H,5-7H2,1-4H3;1-6H2,(H,9,10)/t8-,9+;/m1./s1. The molecule has 0 saturated carbocycles. The van der Waals surface area contributed by atoms with Gasteiger partial charge < -0.3 is 19.3 Å². The quantitative estimate of drug-likeness (QED) is 0.380. The number of aliphatic carboxylic acids is 1. The zero-order valence-electron chi connectivity index (χ0n) is 15.9. The first-order valence-electron chi connectivity index (χ1n) is 8.83. The Balaban J connectivity index is 0.000000463. The molecule has 0 unspecified atom stereocenters. The number of ether oxygens (including phenoxy) is 3. The predicted molar refractivity (Wildman–Crippen MR) is 92.8 cm³/mol. The largest absolute Gasteiger partial charge is 0.481 e. The molecule has 1 heterocycles. The number of carboxylic acid groups (broad SMARTS) is 1. The van der Waals surface area contributed by atoms with Crippen molar-refractivity contribution < 1.29 is 29.0 Å². The van der Waals surface area contributed by atoms with Gasteiger partial charge in [0.1, 0.15) is 6.79 Å². The number of nitrogens with zero attached hydrogens (tertiary/aromatic N) is 1. The van der Waals surface area contributed by atoms with Crippen LogP contribution in [-0.2, 0) is 19.0 Å². The molecule has 0 aromatic heterocycles. The highest BCUT2D eigenvalue weighted by atomic mass is 16.8. The van der Waals surface area contributed by atoms with Crippen molar-refractivity contribution in [1.82, 2.24) is 0 Å². The lowest BCUT2D eigenvalue weighted by molar-refractivity contribution is -0.480. The van der Waals surface area contributed by atoms with E-state index >= 15 is 0 Å². The molecule has 8 nitrogen and oxygen atoms in total. The molecule has 0 aromatic carbocycles. The fraction of sp³-hybridized carbons (Fsp3) is 0.941. The molecular weight excluding hydrogens is 330 g/mol.